The number of carbonyl (C=O) groups is 1. The van der Waals surface area contributed by atoms with Crippen LogP contribution >= 0.6 is 0 Å². The largest absolute Gasteiger partial charge is 0.494 e. The molecule has 0 fully saturated rings. The average Bonchev–Trinajstić information content (AvgIpc) is 2.85. The molecule has 0 saturated carbocycles. The first-order chi connectivity index (χ1) is 16.0. The van der Waals surface area contributed by atoms with Crippen LogP contribution in [0.1, 0.15) is 40.0 Å². The Balaban J connectivity index is 1.52. The van der Waals surface area contributed by atoms with Crippen molar-refractivity contribution in [3.8, 4) is 5.75 Å². The smallest absolute Gasteiger partial charge is 0.251 e. The third-order valence-corrected chi connectivity index (χ3v) is 6.28. The van der Waals surface area contributed by atoms with Gasteiger partial charge in [0.1, 0.15) is 5.75 Å². The standard InChI is InChI=1S/C28H33N3O2/c1-4-33-26-15-11-23(12-16-26)28(32)29-19-27(22-9-13-25(14-10-22)30(2)3)31-18-17-21-7-5-6-8-24(21)20-31/h5-16,27H,4,17-20H2,1-3H3,(H,29,32). The summed E-state index contributed by atoms with van der Waals surface area (Å²) in [5.74, 6) is 0.713. The van der Waals surface area contributed by atoms with Crippen molar-refractivity contribution in [2.75, 3.05) is 38.7 Å². The zero-order valence-electron chi connectivity index (χ0n) is 19.8. The van der Waals surface area contributed by atoms with E-state index in [0.717, 1.165) is 25.3 Å². The third kappa shape index (κ3) is 5.55. The van der Waals surface area contributed by atoms with Gasteiger partial charge < -0.3 is 15.0 Å². The average molecular weight is 444 g/mol. The highest BCUT2D eigenvalue weighted by Gasteiger charge is 2.25. The van der Waals surface area contributed by atoms with E-state index in [9.17, 15) is 4.79 Å². The van der Waals surface area contributed by atoms with Gasteiger partial charge in [-0.15, -0.1) is 0 Å². The maximum Gasteiger partial charge on any atom is 0.251 e. The molecule has 1 aliphatic rings. The van der Waals surface area contributed by atoms with Crippen molar-refractivity contribution in [2.24, 2.45) is 0 Å². The molecule has 3 aromatic rings. The van der Waals surface area contributed by atoms with Crippen molar-refractivity contribution in [2.45, 2.75) is 25.9 Å². The molecule has 1 N–H and O–H groups in total. The number of rotatable bonds is 8. The molecule has 33 heavy (non-hydrogen) atoms. The lowest BCUT2D eigenvalue weighted by molar-refractivity contribution is 0.0927. The molecule has 1 heterocycles. The van der Waals surface area contributed by atoms with Gasteiger partial charge in [0.15, 0.2) is 0 Å². The molecular formula is C28H33N3O2. The Kier molecular flexibility index (Phi) is 7.30. The van der Waals surface area contributed by atoms with Crippen LogP contribution in [0, 0.1) is 0 Å². The highest BCUT2D eigenvalue weighted by Crippen LogP contribution is 2.29. The fraction of sp³-hybridized carbons (Fsp3) is 0.321. The zero-order chi connectivity index (χ0) is 23.2. The molecule has 1 unspecified atom stereocenters. The van der Waals surface area contributed by atoms with E-state index < -0.39 is 0 Å². The van der Waals surface area contributed by atoms with Gasteiger partial charge in [-0.2, -0.15) is 0 Å². The van der Waals surface area contributed by atoms with Gasteiger partial charge >= 0.3 is 0 Å². The lowest BCUT2D eigenvalue weighted by Gasteiger charge is -2.36. The first-order valence-electron chi connectivity index (χ1n) is 11.6. The summed E-state index contributed by atoms with van der Waals surface area (Å²) in [6, 6.07) is 24.7. The fourth-order valence-corrected chi connectivity index (χ4v) is 4.40. The summed E-state index contributed by atoms with van der Waals surface area (Å²) in [5.41, 5.74) is 5.82. The van der Waals surface area contributed by atoms with Crippen molar-refractivity contribution in [1.82, 2.24) is 10.2 Å². The number of benzene rings is 3. The van der Waals surface area contributed by atoms with E-state index >= 15 is 0 Å². The van der Waals surface area contributed by atoms with Crippen LogP contribution in [0.2, 0.25) is 0 Å². The van der Waals surface area contributed by atoms with Gasteiger partial charge in [-0.1, -0.05) is 36.4 Å². The Bertz CT molecular complexity index is 1060. The number of nitrogens with zero attached hydrogens (tertiary/aromatic N) is 2. The minimum atomic E-state index is -0.0645. The van der Waals surface area contributed by atoms with Crippen molar-refractivity contribution < 1.29 is 9.53 Å². The normalized spacial score (nSPS) is 14.3. The fourth-order valence-electron chi connectivity index (χ4n) is 4.40. The van der Waals surface area contributed by atoms with E-state index in [0.29, 0.717) is 18.7 Å². The van der Waals surface area contributed by atoms with Gasteiger partial charge in [-0.3, -0.25) is 9.69 Å². The molecule has 3 aromatic carbocycles. The molecule has 1 amide bonds. The minimum Gasteiger partial charge on any atom is -0.494 e. The Morgan fingerprint density at radius 2 is 1.70 bits per heavy atom. The number of anilines is 1. The molecule has 5 heteroatoms. The van der Waals surface area contributed by atoms with Gasteiger partial charge in [-0.25, -0.2) is 0 Å². The van der Waals surface area contributed by atoms with Crippen LogP contribution in [0.5, 0.6) is 5.75 Å². The lowest BCUT2D eigenvalue weighted by Crippen LogP contribution is -2.40. The first kappa shape index (κ1) is 22.9. The molecule has 0 radical (unpaired) electrons. The van der Waals surface area contributed by atoms with Crippen LogP contribution in [-0.2, 0) is 13.0 Å². The number of nitrogens with one attached hydrogen (secondary N) is 1. The summed E-state index contributed by atoms with van der Waals surface area (Å²) in [7, 11) is 4.09. The second-order valence-corrected chi connectivity index (χ2v) is 8.66. The number of fused-ring (bicyclic) bond motifs is 1. The van der Waals surface area contributed by atoms with Crippen LogP contribution < -0.4 is 15.0 Å². The summed E-state index contributed by atoms with van der Waals surface area (Å²) in [6.45, 7) is 4.96. The monoisotopic (exact) mass is 443 g/mol. The van der Waals surface area contributed by atoms with Crippen molar-refractivity contribution in [3.63, 3.8) is 0 Å². The summed E-state index contributed by atoms with van der Waals surface area (Å²) in [6.07, 6.45) is 1.02. The van der Waals surface area contributed by atoms with E-state index in [4.69, 9.17) is 4.74 Å². The molecular weight excluding hydrogens is 410 g/mol. The summed E-state index contributed by atoms with van der Waals surface area (Å²) in [5, 5.41) is 3.18. The van der Waals surface area contributed by atoms with Crippen LogP contribution in [0.4, 0.5) is 5.69 Å². The van der Waals surface area contributed by atoms with E-state index in [1.807, 2.05) is 45.3 Å². The molecule has 0 spiro atoms. The van der Waals surface area contributed by atoms with Gasteiger partial charge in [0.25, 0.3) is 5.91 Å². The van der Waals surface area contributed by atoms with Crippen molar-refractivity contribution in [3.05, 3.63) is 95.1 Å². The lowest BCUT2D eigenvalue weighted by atomic mass is 9.96. The Labute approximate surface area is 197 Å². The Morgan fingerprint density at radius 1 is 1.00 bits per heavy atom. The minimum absolute atomic E-state index is 0.0645. The maximum absolute atomic E-state index is 12.9. The number of carbonyl (C=O) groups excluding carboxylic acids is 1. The summed E-state index contributed by atoms with van der Waals surface area (Å²) >= 11 is 0. The maximum atomic E-state index is 12.9. The second kappa shape index (κ2) is 10.5. The number of hydrogen-bond acceptors (Lipinski definition) is 4. The molecule has 0 saturated heterocycles. The molecule has 1 atom stereocenters. The van der Waals surface area contributed by atoms with Crippen LogP contribution in [0.15, 0.2) is 72.8 Å². The van der Waals surface area contributed by atoms with Gasteiger partial charge in [0.2, 0.25) is 0 Å². The van der Waals surface area contributed by atoms with Crippen LogP contribution in [0.3, 0.4) is 0 Å². The zero-order valence-corrected chi connectivity index (χ0v) is 19.8. The number of hydrogen-bond donors (Lipinski definition) is 1. The van der Waals surface area contributed by atoms with Gasteiger partial charge in [-0.05, 0) is 66.4 Å². The number of ether oxygens (including phenoxy) is 1. The Hall–Kier alpha value is -3.31. The summed E-state index contributed by atoms with van der Waals surface area (Å²) in [4.78, 5) is 17.5. The molecule has 0 bridgehead atoms. The number of amides is 1. The van der Waals surface area contributed by atoms with E-state index in [-0.39, 0.29) is 11.9 Å². The highest BCUT2D eigenvalue weighted by atomic mass is 16.5. The highest BCUT2D eigenvalue weighted by molar-refractivity contribution is 5.94. The second-order valence-electron chi connectivity index (χ2n) is 8.66. The predicted molar refractivity (Wildman–Crippen MR) is 134 cm³/mol. The SMILES string of the molecule is CCOc1ccc(C(=O)NCC(c2ccc(N(C)C)cc2)N2CCc3ccccc3C2)cc1. The molecule has 1 aliphatic heterocycles. The molecule has 0 aromatic heterocycles. The van der Waals surface area contributed by atoms with Gasteiger partial charge in [0, 0.05) is 45.0 Å². The summed E-state index contributed by atoms with van der Waals surface area (Å²) < 4.78 is 5.49. The predicted octanol–water partition coefficient (Wildman–Crippen LogP) is 4.68. The van der Waals surface area contributed by atoms with Crippen LogP contribution in [0.25, 0.3) is 0 Å². The van der Waals surface area contributed by atoms with Crippen molar-refractivity contribution in [1.29, 1.82) is 0 Å². The molecule has 0 aliphatic carbocycles. The molecule has 172 valence electrons. The van der Waals surface area contributed by atoms with E-state index in [2.05, 4.69) is 63.6 Å². The first-order valence-corrected chi connectivity index (χ1v) is 11.6. The van der Waals surface area contributed by atoms with Crippen molar-refractivity contribution >= 4 is 11.6 Å². The van der Waals surface area contributed by atoms with Crippen LogP contribution in [-0.4, -0.2) is 44.6 Å². The third-order valence-electron chi connectivity index (χ3n) is 6.28. The van der Waals surface area contributed by atoms with Gasteiger partial charge in [0.05, 0.1) is 12.6 Å². The molecule has 4 rings (SSSR count). The van der Waals surface area contributed by atoms with E-state index in [1.54, 1.807) is 0 Å². The topological polar surface area (TPSA) is 44.8 Å². The quantitative estimate of drug-likeness (QED) is 0.549. The molecule has 5 nitrogen and oxygen atoms in total. The Morgan fingerprint density at radius 3 is 2.36 bits per heavy atom. The van der Waals surface area contributed by atoms with E-state index in [1.165, 1.54) is 22.4 Å².